The van der Waals surface area contributed by atoms with Crippen molar-refractivity contribution in [3.63, 3.8) is 0 Å². The number of benzene rings is 2. The highest BCUT2D eigenvalue weighted by molar-refractivity contribution is 5.88. The zero-order chi connectivity index (χ0) is 33.6. The van der Waals surface area contributed by atoms with Gasteiger partial charge < -0.3 is 19.5 Å². The van der Waals surface area contributed by atoms with Crippen LogP contribution in [0.3, 0.4) is 0 Å². The summed E-state index contributed by atoms with van der Waals surface area (Å²) in [5.74, 6) is -2.29. The third-order valence-electron chi connectivity index (χ3n) is 9.27. The molecular weight excluding hydrogens is 588 g/mol. The summed E-state index contributed by atoms with van der Waals surface area (Å²) in [5, 5.41) is 10.5. The minimum absolute atomic E-state index is 0.0333. The number of aromatic nitrogens is 1. The van der Waals surface area contributed by atoms with Crippen LogP contribution >= 0.6 is 0 Å². The molecular formula is C37H47F2N3O4. The minimum Gasteiger partial charge on any atom is -0.494 e. The Hall–Kier alpha value is -3.56. The fraction of sp³-hybridized carbons (Fsp3) is 0.514. The molecule has 1 saturated heterocycles. The van der Waals surface area contributed by atoms with Gasteiger partial charge in [-0.1, -0.05) is 32.0 Å². The van der Waals surface area contributed by atoms with Crippen molar-refractivity contribution in [1.82, 2.24) is 9.88 Å². The van der Waals surface area contributed by atoms with Crippen molar-refractivity contribution in [2.45, 2.75) is 92.5 Å². The Labute approximate surface area is 271 Å². The fourth-order valence-corrected chi connectivity index (χ4v) is 6.75. The topological polar surface area (TPSA) is 75.1 Å². The average molecular weight is 636 g/mol. The van der Waals surface area contributed by atoms with Crippen molar-refractivity contribution < 1.29 is 28.2 Å². The van der Waals surface area contributed by atoms with E-state index >= 15 is 0 Å². The highest BCUT2D eigenvalue weighted by atomic mass is 19.1. The molecule has 2 aliphatic rings. The van der Waals surface area contributed by atoms with Gasteiger partial charge in [0.1, 0.15) is 5.82 Å². The van der Waals surface area contributed by atoms with Crippen molar-refractivity contribution in [1.29, 1.82) is 0 Å². The number of fused-ring (bicyclic) bond motifs is 1. The van der Waals surface area contributed by atoms with Crippen LogP contribution in [0.1, 0.15) is 87.2 Å². The highest BCUT2D eigenvalue weighted by Crippen LogP contribution is 2.45. The van der Waals surface area contributed by atoms with E-state index in [2.05, 4.69) is 41.8 Å². The molecule has 0 aliphatic carbocycles. The molecule has 3 heterocycles. The normalized spacial score (nSPS) is 17.5. The summed E-state index contributed by atoms with van der Waals surface area (Å²) < 4.78 is 39.9. The maximum Gasteiger partial charge on any atom is 0.337 e. The molecule has 0 unspecified atom stereocenters. The third kappa shape index (κ3) is 7.20. The van der Waals surface area contributed by atoms with Gasteiger partial charge in [0.2, 0.25) is 0 Å². The Balaban J connectivity index is 1.55. The summed E-state index contributed by atoms with van der Waals surface area (Å²) >= 11 is 0. The van der Waals surface area contributed by atoms with Gasteiger partial charge in [0.15, 0.2) is 17.7 Å². The summed E-state index contributed by atoms with van der Waals surface area (Å²) in [6.07, 6.45) is 1.57. The van der Waals surface area contributed by atoms with E-state index in [1.165, 1.54) is 18.7 Å². The number of piperidine rings is 1. The first-order valence-electron chi connectivity index (χ1n) is 16.1. The maximum absolute atomic E-state index is 14.6. The standard InChI is InChI=1S/C37H47F2N3O4/c1-22-31(25-9-10-26-20-41(14-11-24(26)17-25)21-27-18-30(45-8)29(39)19-28(27)38)33(42-15-12-37(6,7)13-16-42)32(23(2)40-22)34(35(43)44)46-36(3,4)5/h9-10,17-19,34H,11-16,20-21H2,1-8H3,(H,43,44)/t34-/m0/s1. The van der Waals surface area contributed by atoms with Crippen LogP contribution in [0.15, 0.2) is 30.3 Å². The second-order valence-electron chi connectivity index (χ2n) is 14.5. The first-order chi connectivity index (χ1) is 21.6. The van der Waals surface area contributed by atoms with Crippen LogP contribution in [0.2, 0.25) is 0 Å². The number of anilines is 1. The van der Waals surface area contributed by atoms with Gasteiger partial charge in [-0.15, -0.1) is 0 Å². The van der Waals surface area contributed by atoms with Crippen LogP contribution in [0.5, 0.6) is 5.75 Å². The number of rotatable bonds is 8. The molecule has 1 aromatic heterocycles. The lowest BCUT2D eigenvalue weighted by atomic mass is 9.81. The molecule has 1 N–H and O–H groups in total. The van der Waals surface area contributed by atoms with E-state index in [0.717, 1.165) is 66.5 Å². The van der Waals surface area contributed by atoms with E-state index in [1.54, 1.807) is 0 Å². The lowest BCUT2D eigenvalue weighted by Crippen LogP contribution is -2.39. The Morgan fingerprint density at radius 3 is 2.35 bits per heavy atom. The number of hydrogen-bond acceptors (Lipinski definition) is 6. The lowest BCUT2D eigenvalue weighted by molar-refractivity contribution is -0.160. The van der Waals surface area contributed by atoms with Crippen LogP contribution in [0.25, 0.3) is 11.1 Å². The zero-order valence-electron chi connectivity index (χ0n) is 28.4. The fourth-order valence-electron chi connectivity index (χ4n) is 6.75. The van der Waals surface area contributed by atoms with Crippen LogP contribution < -0.4 is 9.64 Å². The number of aryl methyl sites for hydroxylation is 2. The maximum atomic E-state index is 14.6. The molecule has 0 bridgehead atoms. The van der Waals surface area contributed by atoms with E-state index in [4.69, 9.17) is 14.5 Å². The van der Waals surface area contributed by atoms with Crippen LogP contribution in [-0.2, 0) is 29.0 Å². The number of pyridine rings is 1. The average Bonchev–Trinajstić information content (AvgIpc) is 2.96. The molecule has 5 rings (SSSR count). The minimum atomic E-state index is -1.17. The van der Waals surface area contributed by atoms with Crippen molar-refractivity contribution in [3.05, 3.63) is 75.6 Å². The molecule has 2 aromatic carbocycles. The molecule has 0 amide bonds. The molecule has 248 valence electrons. The summed E-state index contributed by atoms with van der Waals surface area (Å²) in [4.78, 5) is 22.2. The number of hydrogen-bond donors (Lipinski definition) is 1. The van der Waals surface area contributed by atoms with Gasteiger partial charge in [0.05, 0.1) is 18.4 Å². The second kappa shape index (κ2) is 12.9. The number of carbonyl (C=O) groups is 1. The lowest BCUT2D eigenvalue weighted by Gasteiger charge is -2.41. The second-order valence-corrected chi connectivity index (χ2v) is 14.5. The van der Waals surface area contributed by atoms with E-state index in [1.807, 2.05) is 34.6 Å². The van der Waals surface area contributed by atoms with E-state index in [9.17, 15) is 18.7 Å². The van der Waals surface area contributed by atoms with E-state index in [-0.39, 0.29) is 11.2 Å². The Bertz CT molecular complexity index is 1620. The highest BCUT2D eigenvalue weighted by Gasteiger charge is 2.36. The molecule has 2 aliphatic heterocycles. The number of nitrogens with zero attached hydrogens (tertiary/aromatic N) is 3. The molecule has 1 atom stereocenters. The molecule has 9 heteroatoms. The molecule has 3 aromatic rings. The van der Waals surface area contributed by atoms with Gasteiger partial charge >= 0.3 is 5.97 Å². The Kier molecular flexibility index (Phi) is 9.49. The number of halogens is 2. The van der Waals surface area contributed by atoms with Crippen molar-refractivity contribution in [3.8, 4) is 16.9 Å². The summed E-state index contributed by atoms with van der Waals surface area (Å²) in [6, 6.07) is 8.72. The van der Waals surface area contributed by atoms with Gasteiger partial charge in [0.25, 0.3) is 0 Å². The number of carboxylic acid groups (broad SMARTS) is 1. The predicted octanol–water partition coefficient (Wildman–Crippen LogP) is 7.78. The first-order valence-corrected chi connectivity index (χ1v) is 16.1. The van der Waals surface area contributed by atoms with Gasteiger partial charge in [-0.2, -0.15) is 0 Å². The molecule has 1 fully saturated rings. The largest absolute Gasteiger partial charge is 0.494 e. The smallest absolute Gasteiger partial charge is 0.337 e. The summed E-state index contributed by atoms with van der Waals surface area (Å²) in [7, 11) is 1.37. The van der Waals surface area contributed by atoms with Crippen molar-refractivity contribution >= 4 is 11.7 Å². The Morgan fingerprint density at radius 1 is 1.02 bits per heavy atom. The third-order valence-corrected chi connectivity index (χ3v) is 9.27. The quantitative estimate of drug-likeness (QED) is 0.271. The van der Waals surface area contributed by atoms with Crippen LogP contribution in [0, 0.1) is 30.9 Å². The molecule has 46 heavy (non-hydrogen) atoms. The molecule has 7 nitrogen and oxygen atoms in total. The number of carboxylic acids is 1. The van der Waals surface area contributed by atoms with Crippen molar-refractivity contribution in [2.24, 2.45) is 5.41 Å². The number of methoxy groups -OCH3 is 1. The molecule has 0 saturated carbocycles. The predicted molar refractivity (Wildman–Crippen MR) is 176 cm³/mol. The Morgan fingerprint density at radius 2 is 1.72 bits per heavy atom. The van der Waals surface area contributed by atoms with Gasteiger partial charge in [-0.25, -0.2) is 13.6 Å². The van der Waals surface area contributed by atoms with Gasteiger partial charge in [0, 0.05) is 66.9 Å². The van der Waals surface area contributed by atoms with Crippen molar-refractivity contribution in [2.75, 3.05) is 31.6 Å². The van der Waals surface area contributed by atoms with E-state index in [0.29, 0.717) is 36.5 Å². The monoisotopic (exact) mass is 635 g/mol. The summed E-state index contributed by atoms with van der Waals surface area (Å²) in [5.41, 5.74) is 7.22. The SMILES string of the molecule is COc1cc(CN2CCc3cc(-c4c(C)nc(C)c([C@H](OC(C)(C)C)C(=O)O)c4N4CCC(C)(C)CC4)ccc3C2)c(F)cc1F. The zero-order valence-corrected chi connectivity index (χ0v) is 28.4. The summed E-state index contributed by atoms with van der Waals surface area (Å²) in [6.45, 7) is 17.4. The van der Waals surface area contributed by atoms with Crippen LogP contribution in [0.4, 0.5) is 14.5 Å². The first kappa shape index (κ1) is 33.8. The molecule has 0 radical (unpaired) electrons. The van der Waals surface area contributed by atoms with E-state index < -0.39 is 29.3 Å². The number of ether oxygens (including phenoxy) is 2. The van der Waals surface area contributed by atoms with Gasteiger partial charge in [-0.05, 0) is 82.1 Å². The number of aliphatic carboxylic acids is 1. The van der Waals surface area contributed by atoms with Gasteiger partial charge in [-0.3, -0.25) is 9.88 Å². The molecule has 0 spiro atoms. The van der Waals surface area contributed by atoms with Crippen LogP contribution in [-0.4, -0.2) is 53.3 Å².